The summed E-state index contributed by atoms with van der Waals surface area (Å²) in [5, 5.41) is 7.95. The molecule has 0 spiro atoms. The Kier molecular flexibility index (Phi) is 3.32. The average molecular weight is 229 g/mol. The first-order valence-electron chi connectivity index (χ1n) is 5.67. The molecule has 0 saturated heterocycles. The third-order valence-corrected chi connectivity index (χ3v) is 2.51. The summed E-state index contributed by atoms with van der Waals surface area (Å²) in [4.78, 5) is 10.9. The SMILES string of the molecule is CC(C)Cc1c(C=O)nnn1-c1ccccc1. The molecule has 1 aromatic heterocycles. The number of carbonyl (C=O) groups excluding carboxylic acids is 1. The number of hydrogen-bond donors (Lipinski definition) is 0. The molecular weight excluding hydrogens is 214 g/mol. The predicted molar refractivity (Wildman–Crippen MR) is 65.3 cm³/mol. The molecule has 0 aliphatic heterocycles. The van der Waals surface area contributed by atoms with Crippen molar-refractivity contribution >= 4 is 6.29 Å². The summed E-state index contributed by atoms with van der Waals surface area (Å²) < 4.78 is 1.74. The maximum atomic E-state index is 10.9. The number of aromatic nitrogens is 3. The van der Waals surface area contributed by atoms with E-state index in [0.29, 0.717) is 11.6 Å². The standard InChI is InChI=1S/C13H15N3O/c1-10(2)8-13-12(9-17)14-15-16(13)11-6-4-3-5-7-11/h3-7,9-10H,8H2,1-2H3. The van der Waals surface area contributed by atoms with Crippen LogP contribution in [0.25, 0.3) is 5.69 Å². The van der Waals surface area contributed by atoms with Crippen molar-refractivity contribution in [2.24, 2.45) is 5.92 Å². The maximum absolute atomic E-state index is 10.9. The Morgan fingerprint density at radius 3 is 2.59 bits per heavy atom. The monoisotopic (exact) mass is 229 g/mol. The van der Waals surface area contributed by atoms with Crippen LogP contribution >= 0.6 is 0 Å². The molecule has 1 aromatic carbocycles. The molecule has 4 nitrogen and oxygen atoms in total. The number of carbonyl (C=O) groups is 1. The minimum atomic E-state index is 0.433. The van der Waals surface area contributed by atoms with Gasteiger partial charge in [0.25, 0.3) is 0 Å². The Morgan fingerprint density at radius 1 is 1.29 bits per heavy atom. The minimum absolute atomic E-state index is 0.433. The lowest BCUT2D eigenvalue weighted by Gasteiger charge is -2.08. The van der Waals surface area contributed by atoms with Crippen molar-refractivity contribution in [3.63, 3.8) is 0 Å². The minimum Gasteiger partial charge on any atom is -0.296 e. The van der Waals surface area contributed by atoms with E-state index < -0.39 is 0 Å². The topological polar surface area (TPSA) is 47.8 Å². The molecule has 0 bridgehead atoms. The van der Waals surface area contributed by atoms with Gasteiger partial charge in [-0.25, -0.2) is 4.68 Å². The van der Waals surface area contributed by atoms with Crippen LogP contribution in [0, 0.1) is 5.92 Å². The van der Waals surface area contributed by atoms with Crippen molar-refractivity contribution in [1.82, 2.24) is 15.0 Å². The number of aldehydes is 1. The summed E-state index contributed by atoms with van der Waals surface area (Å²) in [7, 11) is 0. The van der Waals surface area contributed by atoms with E-state index in [-0.39, 0.29) is 0 Å². The van der Waals surface area contributed by atoms with Crippen molar-refractivity contribution in [2.45, 2.75) is 20.3 Å². The summed E-state index contributed by atoms with van der Waals surface area (Å²) >= 11 is 0. The van der Waals surface area contributed by atoms with E-state index in [0.717, 1.165) is 24.1 Å². The predicted octanol–water partition coefficient (Wildman–Crippen LogP) is 2.28. The number of benzene rings is 1. The highest BCUT2D eigenvalue weighted by atomic mass is 16.1. The lowest BCUT2D eigenvalue weighted by atomic mass is 10.1. The summed E-state index contributed by atoms with van der Waals surface area (Å²) in [6.45, 7) is 4.22. The van der Waals surface area contributed by atoms with Crippen molar-refractivity contribution in [1.29, 1.82) is 0 Å². The lowest BCUT2D eigenvalue weighted by molar-refractivity contribution is 0.111. The fraction of sp³-hybridized carbons (Fsp3) is 0.308. The van der Waals surface area contributed by atoms with Gasteiger partial charge in [0.1, 0.15) is 5.69 Å². The van der Waals surface area contributed by atoms with Crippen LogP contribution in [0.2, 0.25) is 0 Å². The average Bonchev–Trinajstić information content (AvgIpc) is 2.72. The Bertz CT molecular complexity index is 503. The molecule has 2 aromatic rings. The molecule has 0 aliphatic carbocycles. The first-order chi connectivity index (χ1) is 8.22. The number of hydrogen-bond acceptors (Lipinski definition) is 3. The highest BCUT2D eigenvalue weighted by molar-refractivity contribution is 5.73. The maximum Gasteiger partial charge on any atom is 0.172 e. The van der Waals surface area contributed by atoms with Gasteiger partial charge in [0.05, 0.1) is 11.4 Å². The van der Waals surface area contributed by atoms with Crippen LogP contribution in [-0.4, -0.2) is 21.3 Å². The van der Waals surface area contributed by atoms with Crippen LogP contribution in [0.3, 0.4) is 0 Å². The van der Waals surface area contributed by atoms with Crippen molar-refractivity contribution < 1.29 is 4.79 Å². The Hall–Kier alpha value is -1.97. The summed E-state index contributed by atoms with van der Waals surface area (Å²) in [5.74, 6) is 0.453. The van der Waals surface area contributed by atoms with Gasteiger partial charge in [0.15, 0.2) is 6.29 Å². The Labute approximate surface area is 100 Å². The molecule has 17 heavy (non-hydrogen) atoms. The highest BCUT2D eigenvalue weighted by Crippen LogP contribution is 2.15. The molecule has 0 fully saturated rings. The van der Waals surface area contributed by atoms with Crippen molar-refractivity contribution in [3.05, 3.63) is 41.7 Å². The van der Waals surface area contributed by atoms with Crippen molar-refractivity contribution in [2.75, 3.05) is 0 Å². The Morgan fingerprint density at radius 2 is 2.00 bits per heavy atom. The quantitative estimate of drug-likeness (QED) is 0.756. The van der Waals surface area contributed by atoms with Gasteiger partial charge in [0.2, 0.25) is 0 Å². The molecule has 4 heteroatoms. The van der Waals surface area contributed by atoms with Gasteiger partial charge in [-0.05, 0) is 24.5 Å². The first kappa shape index (κ1) is 11.5. The molecule has 0 aliphatic rings. The zero-order valence-electron chi connectivity index (χ0n) is 10.00. The third-order valence-electron chi connectivity index (χ3n) is 2.51. The number of nitrogens with zero attached hydrogens (tertiary/aromatic N) is 3. The van der Waals surface area contributed by atoms with Crippen LogP contribution in [0.4, 0.5) is 0 Å². The zero-order chi connectivity index (χ0) is 12.3. The van der Waals surface area contributed by atoms with E-state index >= 15 is 0 Å². The highest BCUT2D eigenvalue weighted by Gasteiger charge is 2.14. The van der Waals surface area contributed by atoms with E-state index in [1.165, 1.54) is 0 Å². The van der Waals surface area contributed by atoms with E-state index in [2.05, 4.69) is 24.2 Å². The molecule has 0 amide bonds. The largest absolute Gasteiger partial charge is 0.296 e. The first-order valence-corrected chi connectivity index (χ1v) is 5.67. The molecule has 0 atom stereocenters. The Balaban J connectivity index is 2.47. The smallest absolute Gasteiger partial charge is 0.172 e. The molecule has 1 heterocycles. The number of rotatable bonds is 4. The second kappa shape index (κ2) is 4.91. The molecule has 0 radical (unpaired) electrons. The second-order valence-corrected chi connectivity index (χ2v) is 4.38. The zero-order valence-corrected chi connectivity index (χ0v) is 10.00. The molecule has 88 valence electrons. The van der Waals surface area contributed by atoms with Gasteiger partial charge in [-0.1, -0.05) is 37.3 Å². The van der Waals surface area contributed by atoms with Crippen LogP contribution in [0.15, 0.2) is 30.3 Å². The lowest BCUT2D eigenvalue weighted by Crippen LogP contribution is -2.06. The number of para-hydroxylation sites is 1. The van der Waals surface area contributed by atoms with Crippen molar-refractivity contribution in [3.8, 4) is 5.69 Å². The molecular formula is C13H15N3O. The fourth-order valence-corrected chi connectivity index (χ4v) is 1.76. The van der Waals surface area contributed by atoms with Gasteiger partial charge in [-0.15, -0.1) is 5.10 Å². The van der Waals surface area contributed by atoms with E-state index in [4.69, 9.17) is 0 Å². The third kappa shape index (κ3) is 2.41. The van der Waals surface area contributed by atoms with E-state index in [1.54, 1.807) is 4.68 Å². The van der Waals surface area contributed by atoms with Gasteiger partial charge in [-0.2, -0.15) is 0 Å². The molecule has 0 saturated carbocycles. The molecule has 0 unspecified atom stereocenters. The van der Waals surface area contributed by atoms with Gasteiger partial charge >= 0.3 is 0 Å². The van der Waals surface area contributed by atoms with Crippen LogP contribution < -0.4 is 0 Å². The normalized spacial score (nSPS) is 10.8. The van der Waals surface area contributed by atoms with E-state index in [1.807, 2.05) is 30.3 Å². The van der Waals surface area contributed by atoms with Gasteiger partial charge in [0, 0.05) is 0 Å². The fourth-order valence-electron chi connectivity index (χ4n) is 1.76. The van der Waals surface area contributed by atoms with Crippen LogP contribution in [-0.2, 0) is 6.42 Å². The molecule has 0 N–H and O–H groups in total. The summed E-state index contributed by atoms with van der Waals surface area (Å²) in [5.41, 5.74) is 2.24. The summed E-state index contributed by atoms with van der Waals surface area (Å²) in [6, 6.07) is 9.73. The van der Waals surface area contributed by atoms with E-state index in [9.17, 15) is 4.79 Å². The van der Waals surface area contributed by atoms with Gasteiger partial charge < -0.3 is 0 Å². The van der Waals surface area contributed by atoms with Crippen LogP contribution in [0.5, 0.6) is 0 Å². The van der Waals surface area contributed by atoms with Crippen LogP contribution in [0.1, 0.15) is 30.0 Å². The second-order valence-electron chi connectivity index (χ2n) is 4.38. The molecule has 2 rings (SSSR count). The van der Waals surface area contributed by atoms with Gasteiger partial charge in [-0.3, -0.25) is 4.79 Å². The summed E-state index contributed by atoms with van der Waals surface area (Å²) in [6.07, 6.45) is 1.56.